The topological polar surface area (TPSA) is 91.7 Å². The van der Waals surface area contributed by atoms with E-state index in [1.165, 1.54) is 17.2 Å². The molecule has 2 aromatic carbocycles. The van der Waals surface area contributed by atoms with E-state index in [1.807, 2.05) is 62.4 Å². The zero-order valence-corrected chi connectivity index (χ0v) is 20.1. The Morgan fingerprint density at radius 1 is 0.943 bits per heavy atom. The predicted octanol–water partition coefficient (Wildman–Crippen LogP) is 4.46. The third kappa shape index (κ3) is 5.98. The minimum Gasteiger partial charge on any atom is -0.459 e. The lowest BCUT2D eigenvalue weighted by Gasteiger charge is -2.32. The normalized spacial score (nSPS) is 14.3. The number of nitrogens with zero attached hydrogens (tertiary/aromatic N) is 1. The third-order valence-electron chi connectivity index (χ3n) is 6.33. The molecule has 1 heterocycles. The Morgan fingerprint density at radius 2 is 1.57 bits per heavy atom. The molecule has 3 amide bonds. The van der Waals surface area contributed by atoms with Gasteiger partial charge in [-0.15, -0.1) is 0 Å². The average molecular weight is 474 g/mol. The van der Waals surface area contributed by atoms with Gasteiger partial charge < -0.3 is 15.1 Å². The number of anilines is 1. The number of benzene rings is 2. The summed E-state index contributed by atoms with van der Waals surface area (Å²) in [7, 11) is 0. The summed E-state index contributed by atoms with van der Waals surface area (Å²) >= 11 is 0. The molecule has 7 nitrogen and oxygen atoms in total. The van der Waals surface area contributed by atoms with E-state index in [0.29, 0.717) is 11.3 Å². The van der Waals surface area contributed by atoms with Gasteiger partial charge in [0.15, 0.2) is 5.76 Å². The molecule has 7 heteroatoms. The maximum absolute atomic E-state index is 13.7. The Labute approximate surface area is 205 Å². The fraction of sp³-hybridized carbons (Fsp3) is 0.321. The highest BCUT2D eigenvalue weighted by Gasteiger charge is 2.34. The highest BCUT2D eigenvalue weighted by atomic mass is 16.3. The third-order valence-corrected chi connectivity index (χ3v) is 6.33. The van der Waals surface area contributed by atoms with Crippen LogP contribution in [-0.4, -0.2) is 30.3 Å². The molecule has 4 rings (SSSR count). The number of amides is 3. The van der Waals surface area contributed by atoms with Crippen molar-refractivity contribution in [3.63, 3.8) is 0 Å². The first-order valence-electron chi connectivity index (χ1n) is 12.0. The number of carbonyl (C=O) groups excluding carboxylic acids is 3. The summed E-state index contributed by atoms with van der Waals surface area (Å²) in [5.74, 6) is -1.00. The number of nitrogens with one attached hydrogen (secondary N) is 2. The molecule has 0 unspecified atom stereocenters. The number of furan rings is 1. The fourth-order valence-corrected chi connectivity index (χ4v) is 4.40. The van der Waals surface area contributed by atoms with E-state index in [4.69, 9.17) is 4.42 Å². The first-order chi connectivity index (χ1) is 16.9. The minimum absolute atomic E-state index is 0.101. The van der Waals surface area contributed by atoms with Gasteiger partial charge in [0.25, 0.3) is 5.91 Å². The van der Waals surface area contributed by atoms with Crippen LogP contribution in [0.15, 0.2) is 71.3 Å². The smallest absolute Gasteiger partial charge is 0.287 e. The van der Waals surface area contributed by atoms with Gasteiger partial charge in [0, 0.05) is 11.7 Å². The van der Waals surface area contributed by atoms with Crippen molar-refractivity contribution in [2.45, 2.75) is 51.6 Å². The Bertz CT molecular complexity index is 1150. The Hall–Kier alpha value is -3.87. The van der Waals surface area contributed by atoms with E-state index >= 15 is 0 Å². The van der Waals surface area contributed by atoms with E-state index < -0.39 is 17.9 Å². The van der Waals surface area contributed by atoms with E-state index in [1.54, 1.807) is 6.07 Å². The molecular weight excluding hydrogens is 442 g/mol. The predicted molar refractivity (Wildman–Crippen MR) is 134 cm³/mol. The van der Waals surface area contributed by atoms with Crippen LogP contribution < -0.4 is 15.5 Å². The van der Waals surface area contributed by atoms with Crippen molar-refractivity contribution in [3.8, 4) is 0 Å². The summed E-state index contributed by atoms with van der Waals surface area (Å²) in [5.41, 5.74) is 3.38. The van der Waals surface area contributed by atoms with Gasteiger partial charge in [-0.3, -0.25) is 19.3 Å². The second-order valence-corrected chi connectivity index (χ2v) is 9.06. The second-order valence-electron chi connectivity index (χ2n) is 9.06. The summed E-state index contributed by atoms with van der Waals surface area (Å²) in [6.45, 7) is 3.65. The van der Waals surface area contributed by atoms with Gasteiger partial charge in [-0.2, -0.15) is 0 Å². The fourth-order valence-electron chi connectivity index (χ4n) is 4.40. The number of aryl methyl sites for hydroxylation is 2. The number of hydrogen-bond acceptors (Lipinski definition) is 4. The molecule has 0 radical (unpaired) electrons. The van der Waals surface area contributed by atoms with Crippen molar-refractivity contribution >= 4 is 23.4 Å². The summed E-state index contributed by atoms with van der Waals surface area (Å²) in [5, 5.41) is 5.78. The van der Waals surface area contributed by atoms with Gasteiger partial charge in [0.1, 0.15) is 6.04 Å². The van der Waals surface area contributed by atoms with Gasteiger partial charge in [-0.05, 0) is 56.5 Å². The standard InChI is InChI=1S/C28H31N3O4/c1-19-9-13-21(14-10-19)26(28(34)30-22-6-3-4-7-22)31(23-15-11-20(2)12-16-23)25(32)18-29-27(33)24-8-5-17-35-24/h5,8-17,22,26H,3-4,6-7,18H2,1-2H3,(H,29,33)(H,30,34)/t26-/m1/s1. The lowest BCUT2D eigenvalue weighted by Crippen LogP contribution is -2.49. The quantitative estimate of drug-likeness (QED) is 0.505. The molecule has 0 spiro atoms. The van der Waals surface area contributed by atoms with E-state index in [-0.39, 0.29) is 24.3 Å². The maximum Gasteiger partial charge on any atom is 0.287 e. The van der Waals surface area contributed by atoms with Crippen LogP contribution in [-0.2, 0) is 9.59 Å². The highest BCUT2D eigenvalue weighted by Crippen LogP contribution is 2.30. The van der Waals surface area contributed by atoms with Crippen molar-refractivity contribution in [3.05, 3.63) is 89.4 Å². The van der Waals surface area contributed by atoms with E-state index in [2.05, 4.69) is 10.6 Å². The monoisotopic (exact) mass is 473 g/mol. The maximum atomic E-state index is 13.7. The summed E-state index contributed by atoms with van der Waals surface area (Å²) in [6.07, 6.45) is 5.43. The summed E-state index contributed by atoms with van der Waals surface area (Å²) in [6, 6.07) is 17.4. The Morgan fingerprint density at radius 3 is 2.17 bits per heavy atom. The summed E-state index contributed by atoms with van der Waals surface area (Å²) in [4.78, 5) is 41.2. The molecular formula is C28H31N3O4. The lowest BCUT2D eigenvalue weighted by molar-refractivity contribution is -0.126. The zero-order chi connectivity index (χ0) is 24.8. The molecule has 182 valence electrons. The molecule has 1 aliphatic rings. The van der Waals surface area contributed by atoms with Crippen LogP contribution in [0.25, 0.3) is 0 Å². The molecule has 1 atom stereocenters. The van der Waals surface area contributed by atoms with E-state index in [0.717, 1.165) is 36.8 Å². The number of hydrogen-bond donors (Lipinski definition) is 2. The van der Waals surface area contributed by atoms with E-state index in [9.17, 15) is 14.4 Å². The van der Waals surface area contributed by atoms with Crippen molar-refractivity contribution in [1.82, 2.24) is 10.6 Å². The lowest BCUT2D eigenvalue weighted by atomic mass is 10.0. The molecule has 2 N–H and O–H groups in total. The average Bonchev–Trinajstić information content (AvgIpc) is 3.57. The number of carbonyl (C=O) groups is 3. The first-order valence-corrected chi connectivity index (χ1v) is 12.0. The molecule has 3 aromatic rings. The largest absolute Gasteiger partial charge is 0.459 e. The van der Waals surface area contributed by atoms with Crippen molar-refractivity contribution in [2.24, 2.45) is 0 Å². The molecule has 0 aliphatic heterocycles. The Kier molecular flexibility index (Phi) is 7.65. The molecule has 1 saturated carbocycles. The SMILES string of the molecule is Cc1ccc([C@H](C(=O)NC2CCCC2)N(C(=O)CNC(=O)c2ccco2)c2ccc(C)cc2)cc1. The van der Waals surface area contributed by atoms with Crippen LogP contribution in [0.5, 0.6) is 0 Å². The molecule has 1 aliphatic carbocycles. The highest BCUT2D eigenvalue weighted by molar-refractivity contribution is 6.04. The summed E-state index contributed by atoms with van der Waals surface area (Å²) < 4.78 is 5.13. The molecule has 1 aromatic heterocycles. The molecule has 1 fully saturated rings. The van der Waals surface area contributed by atoms with Gasteiger partial charge >= 0.3 is 0 Å². The van der Waals surface area contributed by atoms with Crippen molar-refractivity contribution < 1.29 is 18.8 Å². The first kappa shape index (κ1) is 24.3. The molecule has 35 heavy (non-hydrogen) atoms. The van der Waals surface area contributed by atoms with Crippen molar-refractivity contribution in [1.29, 1.82) is 0 Å². The molecule has 0 saturated heterocycles. The van der Waals surface area contributed by atoms with Gasteiger partial charge in [-0.25, -0.2) is 0 Å². The molecule has 0 bridgehead atoms. The van der Waals surface area contributed by atoms with Crippen molar-refractivity contribution in [2.75, 3.05) is 11.4 Å². The van der Waals surface area contributed by atoms with Crippen LogP contribution in [0.1, 0.15) is 59.0 Å². The van der Waals surface area contributed by atoms with Crippen LogP contribution in [0, 0.1) is 13.8 Å². The van der Waals surface area contributed by atoms with Crippen LogP contribution >= 0.6 is 0 Å². The van der Waals surface area contributed by atoms with Crippen LogP contribution in [0.3, 0.4) is 0 Å². The van der Waals surface area contributed by atoms with Gasteiger partial charge in [0.2, 0.25) is 11.8 Å². The van der Waals surface area contributed by atoms with Gasteiger partial charge in [0.05, 0.1) is 12.8 Å². The Balaban J connectivity index is 1.67. The zero-order valence-electron chi connectivity index (χ0n) is 20.1. The van der Waals surface area contributed by atoms with Crippen LogP contribution in [0.2, 0.25) is 0 Å². The minimum atomic E-state index is -0.882. The number of rotatable bonds is 8. The second kappa shape index (κ2) is 11.0. The van der Waals surface area contributed by atoms with Gasteiger partial charge in [-0.1, -0.05) is 60.4 Å². The van der Waals surface area contributed by atoms with Crippen LogP contribution in [0.4, 0.5) is 5.69 Å².